The van der Waals surface area contributed by atoms with Crippen LogP contribution in [0, 0.1) is 0 Å². The Bertz CT molecular complexity index is 551. The second-order valence-electron chi connectivity index (χ2n) is 4.11. The van der Waals surface area contributed by atoms with Gasteiger partial charge in [0.1, 0.15) is 5.75 Å². The van der Waals surface area contributed by atoms with Gasteiger partial charge in [-0.1, -0.05) is 12.1 Å². The fourth-order valence-corrected chi connectivity index (χ4v) is 2.06. The highest BCUT2D eigenvalue weighted by Crippen LogP contribution is 2.31. The van der Waals surface area contributed by atoms with Crippen molar-refractivity contribution in [3.8, 4) is 5.75 Å². The first-order chi connectivity index (χ1) is 8.86. The minimum Gasteiger partial charge on any atom is -0.491 e. The smallest absolute Gasteiger partial charge is 0.261 e. The van der Waals surface area contributed by atoms with Gasteiger partial charge in [0.25, 0.3) is 5.91 Å². The third-order valence-corrected chi connectivity index (χ3v) is 2.93. The summed E-state index contributed by atoms with van der Waals surface area (Å²) in [6.45, 7) is 1.28. The summed E-state index contributed by atoms with van der Waals surface area (Å²) in [5.74, 6) is 0.702. The number of nitrogens with zero attached hydrogens (tertiary/aromatic N) is 2. The zero-order valence-electron chi connectivity index (χ0n) is 9.80. The van der Waals surface area contributed by atoms with Gasteiger partial charge < -0.3 is 9.64 Å². The highest BCUT2D eigenvalue weighted by Gasteiger charge is 2.23. The highest BCUT2D eigenvalue weighted by molar-refractivity contribution is 6.06. The van der Waals surface area contributed by atoms with Crippen molar-refractivity contribution in [2.75, 3.05) is 18.1 Å². The van der Waals surface area contributed by atoms with Crippen LogP contribution in [-0.4, -0.2) is 29.3 Å². The van der Waals surface area contributed by atoms with Crippen LogP contribution in [0.15, 0.2) is 36.7 Å². The zero-order valence-corrected chi connectivity index (χ0v) is 9.80. The lowest BCUT2D eigenvalue weighted by Gasteiger charge is -2.20. The molecule has 3 rings (SSSR count). The normalized spacial score (nSPS) is 14.6. The number of H-pyrrole nitrogens is 1. The number of carbonyl (C=O) groups is 1. The third-order valence-electron chi connectivity index (χ3n) is 2.93. The van der Waals surface area contributed by atoms with Crippen molar-refractivity contribution in [2.45, 2.75) is 6.42 Å². The monoisotopic (exact) mass is 243 g/mol. The number of amides is 1. The number of aromatic nitrogens is 2. The molecule has 1 aliphatic rings. The molecule has 0 radical (unpaired) electrons. The molecule has 18 heavy (non-hydrogen) atoms. The molecule has 1 aromatic heterocycles. The van der Waals surface area contributed by atoms with Gasteiger partial charge in [0.2, 0.25) is 0 Å². The molecular formula is C13H13N3O2. The summed E-state index contributed by atoms with van der Waals surface area (Å²) in [6.07, 6.45) is 3.96. The van der Waals surface area contributed by atoms with E-state index in [-0.39, 0.29) is 5.91 Å². The van der Waals surface area contributed by atoms with Crippen LogP contribution in [-0.2, 0) is 0 Å². The van der Waals surface area contributed by atoms with Gasteiger partial charge >= 0.3 is 0 Å². The van der Waals surface area contributed by atoms with Crippen molar-refractivity contribution in [3.05, 3.63) is 42.2 Å². The standard InChI is InChI=1S/C13H13N3O2/c17-13(10-8-14-15-9-10)16-6-3-7-18-12-5-2-1-4-11(12)16/h1-2,4-5,8-9H,3,6-7H2,(H,14,15). The van der Waals surface area contributed by atoms with Crippen molar-refractivity contribution in [3.63, 3.8) is 0 Å². The number of benzene rings is 1. The molecule has 1 amide bonds. The molecule has 0 saturated heterocycles. The third kappa shape index (κ3) is 1.84. The summed E-state index contributed by atoms with van der Waals surface area (Å²) in [5, 5.41) is 6.47. The fraction of sp³-hybridized carbons (Fsp3) is 0.231. The molecule has 0 fully saturated rings. The maximum absolute atomic E-state index is 12.4. The first-order valence-electron chi connectivity index (χ1n) is 5.89. The van der Waals surface area contributed by atoms with Crippen LogP contribution in [0.5, 0.6) is 5.75 Å². The van der Waals surface area contributed by atoms with Gasteiger partial charge in [0.05, 0.1) is 24.1 Å². The Kier molecular flexibility index (Phi) is 2.72. The van der Waals surface area contributed by atoms with E-state index in [0.29, 0.717) is 18.7 Å². The van der Waals surface area contributed by atoms with Crippen LogP contribution in [0.3, 0.4) is 0 Å². The lowest BCUT2D eigenvalue weighted by atomic mass is 10.2. The van der Waals surface area contributed by atoms with E-state index in [1.807, 2.05) is 24.3 Å². The molecule has 2 heterocycles. The van der Waals surface area contributed by atoms with Gasteiger partial charge in [-0.15, -0.1) is 0 Å². The molecule has 1 N–H and O–H groups in total. The van der Waals surface area contributed by atoms with Crippen LogP contribution in [0.4, 0.5) is 5.69 Å². The van der Waals surface area contributed by atoms with E-state index in [9.17, 15) is 4.79 Å². The number of hydrogen-bond donors (Lipinski definition) is 1. The molecule has 0 spiro atoms. The molecule has 1 aromatic carbocycles. The number of anilines is 1. The Morgan fingerprint density at radius 2 is 2.28 bits per heavy atom. The lowest BCUT2D eigenvalue weighted by Crippen LogP contribution is -2.31. The zero-order chi connectivity index (χ0) is 12.4. The van der Waals surface area contributed by atoms with Crippen molar-refractivity contribution < 1.29 is 9.53 Å². The molecule has 0 atom stereocenters. The number of carbonyl (C=O) groups excluding carboxylic acids is 1. The fourth-order valence-electron chi connectivity index (χ4n) is 2.06. The molecule has 92 valence electrons. The van der Waals surface area contributed by atoms with Crippen molar-refractivity contribution in [1.82, 2.24) is 10.2 Å². The van der Waals surface area contributed by atoms with Gasteiger partial charge in [-0.25, -0.2) is 0 Å². The molecule has 0 bridgehead atoms. The minimum absolute atomic E-state index is 0.0540. The molecule has 0 saturated carbocycles. The SMILES string of the molecule is O=C(c1cn[nH]c1)N1CCCOc2ccccc21. The molecule has 0 aliphatic carbocycles. The van der Waals surface area contributed by atoms with Crippen LogP contribution < -0.4 is 9.64 Å². The maximum Gasteiger partial charge on any atom is 0.261 e. The van der Waals surface area contributed by atoms with Crippen molar-refractivity contribution in [1.29, 1.82) is 0 Å². The molecule has 2 aromatic rings. The summed E-state index contributed by atoms with van der Waals surface area (Å²) in [4.78, 5) is 14.1. The molecule has 5 heteroatoms. The molecule has 0 unspecified atom stereocenters. The second kappa shape index (κ2) is 4.52. The lowest BCUT2D eigenvalue weighted by molar-refractivity contribution is 0.0987. The Labute approximate surface area is 104 Å². The predicted octanol–water partition coefficient (Wildman–Crippen LogP) is 1.84. The summed E-state index contributed by atoms with van der Waals surface area (Å²) in [7, 11) is 0. The van der Waals surface area contributed by atoms with Gasteiger partial charge in [-0.05, 0) is 18.6 Å². The maximum atomic E-state index is 12.4. The van der Waals surface area contributed by atoms with Gasteiger partial charge in [-0.3, -0.25) is 9.89 Å². The number of ether oxygens (including phenoxy) is 1. The van der Waals surface area contributed by atoms with E-state index in [4.69, 9.17) is 4.74 Å². The van der Waals surface area contributed by atoms with Gasteiger partial charge in [0, 0.05) is 12.7 Å². The van der Waals surface area contributed by atoms with Crippen LogP contribution >= 0.6 is 0 Å². The van der Waals surface area contributed by atoms with Gasteiger partial charge in [0.15, 0.2) is 0 Å². The number of aromatic amines is 1. The van der Waals surface area contributed by atoms with E-state index >= 15 is 0 Å². The number of rotatable bonds is 1. The first-order valence-corrected chi connectivity index (χ1v) is 5.89. The summed E-state index contributed by atoms with van der Waals surface area (Å²) in [6, 6.07) is 7.60. The van der Waals surface area contributed by atoms with E-state index in [1.165, 1.54) is 6.20 Å². The van der Waals surface area contributed by atoms with E-state index in [1.54, 1.807) is 11.1 Å². The second-order valence-corrected chi connectivity index (χ2v) is 4.11. The summed E-state index contributed by atoms with van der Waals surface area (Å²) < 4.78 is 5.63. The Morgan fingerprint density at radius 1 is 1.39 bits per heavy atom. The van der Waals surface area contributed by atoms with Crippen molar-refractivity contribution in [2.24, 2.45) is 0 Å². The van der Waals surface area contributed by atoms with E-state index in [2.05, 4.69) is 10.2 Å². The quantitative estimate of drug-likeness (QED) is 0.831. The Morgan fingerprint density at radius 3 is 3.11 bits per heavy atom. The van der Waals surface area contributed by atoms with Crippen molar-refractivity contribution >= 4 is 11.6 Å². The van der Waals surface area contributed by atoms with Gasteiger partial charge in [-0.2, -0.15) is 5.10 Å². The molecular weight excluding hydrogens is 230 g/mol. The number of fused-ring (bicyclic) bond motifs is 1. The molecule has 1 aliphatic heterocycles. The first kappa shape index (κ1) is 10.8. The van der Waals surface area contributed by atoms with E-state index in [0.717, 1.165) is 17.9 Å². The predicted molar refractivity (Wildman–Crippen MR) is 66.8 cm³/mol. The largest absolute Gasteiger partial charge is 0.491 e. The Hall–Kier alpha value is -2.30. The number of nitrogens with one attached hydrogen (secondary N) is 1. The van der Waals surface area contributed by atoms with Crippen LogP contribution in [0.25, 0.3) is 0 Å². The summed E-state index contributed by atoms with van der Waals surface area (Å²) in [5.41, 5.74) is 1.38. The average Bonchev–Trinajstić information content (AvgIpc) is 2.85. The average molecular weight is 243 g/mol. The molecule has 5 nitrogen and oxygen atoms in total. The topological polar surface area (TPSA) is 58.2 Å². The Balaban J connectivity index is 1.99. The summed E-state index contributed by atoms with van der Waals surface area (Å²) >= 11 is 0. The van der Waals surface area contributed by atoms with Crippen LogP contribution in [0.1, 0.15) is 16.8 Å². The van der Waals surface area contributed by atoms with Crippen LogP contribution in [0.2, 0.25) is 0 Å². The van der Waals surface area contributed by atoms with E-state index < -0.39 is 0 Å². The number of para-hydroxylation sites is 2. The highest BCUT2D eigenvalue weighted by atomic mass is 16.5. The minimum atomic E-state index is -0.0540. The number of hydrogen-bond acceptors (Lipinski definition) is 3.